The van der Waals surface area contributed by atoms with Gasteiger partial charge in [-0.2, -0.15) is 4.98 Å². The van der Waals surface area contributed by atoms with Crippen molar-refractivity contribution in [1.82, 2.24) is 19.5 Å². The average Bonchev–Trinajstić information content (AvgIpc) is 3.15. The molecule has 0 unspecified atom stereocenters. The highest BCUT2D eigenvalue weighted by Crippen LogP contribution is 2.24. The second-order valence-corrected chi connectivity index (χ2v) is 9.21. The third-order valence-corrected chi connectivity index (χ3v) is 6.51. The number of anilines is 1. The number of aromatic nitrogens is 4. The zero-order valence-corrected chi connectivity index (χ0v) is 20.0. The quantitative estimate of drug-likeness (QED) is 0.325. The Morgan fingerprint density at radius 3 is 2.66 bits per heavy atom. The molecule has 8 heteroatoms. The smallest absolute Gasteiger partial charge is 0.322 e. The summed E-state index contributed by atoms with van der Waals surface area (Å²) in [5, 5.41) is 5.05. The third-order valence-electron chi connectivity index (χ3n) is 6.27. The van der Waals surface area contributed by atoms with Gasteiger partial charge in [-0.05, 0) is 60.5 Å². The van der Waals surface area contributed by atoms with E-state index in [9.17, 15) is 0 Å². The molecule has 0 radical (unpaired) electrons. The number of ether oxygens (including phenoxy) is 2. The highest BCUT2D eigenvalue weighted by Gasteiger charge is 2.18. The van der Waals surface area contributed by atoms with E-state index in [0.717, 1.165) is 59.5 Å². The summed E-state index contributed by atoms with van der Waals surface area (Å²) in [7, 11) is 2.08. The summed E-state index contributed by atoms with van der Waals surface area (Å²) < 4.78 is 13.3. The van der Waals surface area contributed by atoms with Gasteiger partial charge in [0.05, 0.1) is 35.8 Å². The zero-order chi connectivity index (χ0) is 23.8. The molecule has 3 heterocycles. The van der Waals surface area contributed by atoms with E-state index in [1.807, 2.05) is 24.3 Å². The summed E-state index contributed by atoms with van der Waals surface area (Å²) >= 11 is 6.07. The van der Waals surface area contributed by atoms with E-state index < -0.39 is 0 Å². The van der Waals surface area contributed by atoms with Crippen molar-refractivity contribution in [2.24, 2.45) is 7.05 Å². The number of benzene rings is 3. The van der Waals surface area contributed by atoms with Crippen molar-refractivity contribution >= 4 is 39.2 Å². The second-order valence-electron chi connectivity index (χ2n) is 8.77. The van der Waals surface area contributed by atoms with Gasteiger partial charge in [0, 0.05) is 35.8 Å². The molecule has 3 aromatic carbocycles. The Bertz CT molecular complexity index is 1510. The molecule has 5 aromatic rings. The van der Waals surface area contributed by atoms with Crippen LogP contribution in [-0.2, 0) is 24.6 Å². The molecule has 35 heavy (non-hydrogen) atoms. The highest BCUT2D eigenvalue weighted by molar-refractivity contribution is 6.31. The van der Waals surface area contributed by atoms with Crippen molar-refractivity contribution in [3.63, 3.8) is 0 Å². The summed E-state index contributed by atoms with van der Waals surface area (Å²) in [6, 6.07) is 20.6. The molecule has 0 amide bonds. The lowest BCUT2D eigenvalue weighted by Crippen LogP contribution is -2.40. The molecule has 7 nitrogen and oxygen atoms in total. The Morgan fingerprint density at radius 2 is 1.86 bits per heavy atom. The Hall–Kier alpha value is -3.68. The first-order valence-corrected chi connectivity index (χ1v) is 12.0. The Morgan fingerprint density at radius 1 is 1.00 bits per heavy atom. The normalized spacial score (nSPS) is 13.8. The maximum Gasteiger partial charge on any atom is 0.322 e. The fourth-order valence-corrected chi connectivity index (χ4v) is 4.39. The van der Waals surface area contributed by atoms with Crippen LogP contribution in [0.2, 0.25) is 5.02 Å². The standard InChI is InChI=1S/C27H24ClN5O2/c1-33-25-13-20(30-21-15-34-16-21)7-10-23(25)31-26(33)11-4-17-2-8-22(9-3-17)35-27-29-14-18-5-6-19(28)12-24(18)32-27/h2-3,5-10,12-14,21,30H,4,11,15-16H2,1H3. The van der Waals surface area contributed by atoms with Gasteiger partial charge in [0.1, 0.15) is 11.6 Å². The van der Waals surface area contributed by atoms with Crippen LogP contribution < -0.4 is 10.1 Å². The summed E-state index contributed by atoms with van der Waals surface area (Å²) in [5.41, 5.74) is 5.21. The van der Waals surface area contributed by atoms with Gasteiger partial charge >= 0.3 is 6.01 Å². The molecule has 2 aromatic heterocycles. The second kappa shape index (κ2) is 9.17. The van der Waals surface area contributed by atoms with Gasteiger partial charge in [0.15, 0.2) is 0 Å². The number of halogens is 1. The van der Waals surface area contributed by atoms with Crippen molar-refractivity contribution in [3.05, 3.63) is 83.3 Å². The summed E-state index contributed by atoms with van der Waals surface area (Å²) in [5.74, 6) is 1.75. The summed E-state index contributed by atoms with van der Waals surface area (Å²) in [4.78, 5) is 13.6. The summed E-state index contributed by atoms with van der Waals surface area (Å²) in [6.45, 7) is 1.53. The number of hydrogen-bond acceptors (Lipinski definition) is 6. The van der Waals surface area contributed by atoms with Crippen molar-refractivity contribution < 1.29 is 9.47 Å². The number of nitrogens with one attached hydrogen (secondary N) is 1. The monoisotopic (exact) mass is 485 g/mol. The van der Waals surface area contributed by atoms with Crippen LogP contribution in [0.15, 0.2) is 66.9 Å². The fraction of sp³-hybridized carbons (Fsp3) is 0.222. The van der Waals surface area contributed by atoms with E-state index in [0.29, 0.717) is 22.8 Å². The minimum atomic E-state index is 0.297. The maximum absolute atomic E-state index is 6.07. The molecule has 0 aliphatic carbocycles. The van der Waals surface area contributed by atoms with E-state index in [-0.39, 0.29) is 0 Å². The van der Waals surface area contributed by atoms with E-state index >= 15 is 0 Å². The van der Waals surface area contributed by atoms with Gasteiger partial charge < -0.3 is 19.4 Å². The maximum atomic E-state index is 6.07. The molecule has 176 valence electrons. The predicted octanol–water partition coefficient (Wildman–Crippen LogP) is 5.56. The lowest BCUT2D eigenvalue weighted by molar-refractivity contribution is 0.0211. The third kappa shape index (κ3) is 4.65. The van der Waals surface area contributed by atoms with Crippen LogP contribution >= 0.6 is 11.6 Å². The Labute approximate surface area is 207 Å². The summed E-state index contributed by atoms with van der Waals surface area (Å²) in [6.07, 6.45) is 3.46. The molecule has 0 spiro atoms. The van der Waals surface area contributed by atoms with E-state index in [2.05, 4.69) is 57.2 Å². The van der Waals surface area contributed by atoms with Gasteiger partial charge in [0.2, 0.25) is 0 Å². The van der Waals surface area contributed by atoms with Crippen molar-refractivity contribution in [3.8, 4) is 11.8 Å². The molecule has 0 atom stereocenters. The number of fused-ring (bicyclic) bond motifs is 2. The first-order valence-electron chi connectivity index (χ1n) is 11.6. The van der Waals surface area contributed by atoms with Crippen LogP contribution in [0.25, 0.3) is 21.9 Å². The molecule has 6 rings (SSSR count). The van der Waals surface area contributed by atoms with E-state index in [4.69, 9.17) is 26.1 Å². The fourth-order valence-electron chi connectivity index (χ4n) is 4.22. The molecule has 1 saturated heterocycles. The van der Waals surface area contributed by atoms with Gasteiger partial charge in [-0.3, -0.25) is 0 Å². The SMILES string of the molecule is Cn1c(CCc2ccc(Oc3ncc4ccc(Cl)cc4n3)cc2)nc2ccc(NC3COC3)cc21. The number of aryl methyl sites for hydroxylation is 3. The Kier molecular flexibility index (Phi) is 5.72. The molecule has 0 bridgehead atoms. The van der Waals surface area contributed by atoms with Crippen LogP contribution in [0, 0.1) is 0 Å². The Balaban J connectivity index is 1.11. The topological polar surface area (TPSA) is 74.1 Å². The van der Waals surface area contributed by atoms with Crippen LogP contribution in [0.4, 0.5) is 5.69 Å². The minimum Gasteiger partial charge on any atom is -0.424 e. The average molecular weight is 486 g/mol. The molecule has 1 aliphatic rings. The van der Waals surface area contributed by atoms with Crippen molar-refractivity contribution in [2.45, 2.75) is 18.9 Å². The molecule has 1 aliphatic heterocycles. The van der Waals surface area contributed by atoms with Crippen LogP contribution in [0.5, 0.6) is 11.8 Å². The van der Waals surface area contributed by atoms with Gasteiger partial charge in [-0.25, -0.2) is 9.97 Å². The number of nitrogens with zero attached hydrogens (tertiary/aromatic N) is 4. The van der Waals surface area contributed by atoms with Gasteiger partial charge in [0.25, 0.3) is 0 Å². The first-order chi connectivity index (χ1) is 17.1. The van der Waals surface area contributed by atoms with Gasteiger partial charge in [-0.15, -0.1) is 0 Å². The number of hydrogen-bond donors (Lipinski definition) is 1. The predicted molar refractivity (Wildman–Crippen MR) is 137 cm³/mol. The van der Waals surface area contributed by atoms with Crippen LogP contribution in [0.1, 0.15) is 11.4 Å². The highest BCUT2D eigenvalue weighted by atomic mass is 35.5. The van der Waals surface area contributed by atoms with Crippen LogP contribution in [0.3, 0.4) is 0 Å². The van der Waals surface area contributed by atoms with E-state index in [1.54, 1.807) is 12.3 Å². The molecule has 1 N–H and O–H groups in total. The molecule has 1 fully saturated rings. The largest absolute Gasteiger partial charge is 0.424 e. The van der Waals surface area contributed by atoms with Crippen molar-refractivity contribution in [1.29, 1.82) is 0 Å². The first kappa shape index (κ1) is 21.8. The van der Waals surface area contributed by atoms with Crippen LogP contribution in [-0.4, -0.2) is 38.8 Å². The minimum absolute atomic E-state index is 0.297. The molecular formula is C27H24ClN5O2. The van der Waals surface area contributed by atoms with Crippen molar-refractivity contribution in [2.75, 3.05) is 18.5 Å². The number of rotatable bonds is 7. The molecule has 0 saturated carbocycles. The van der Waals surface area contributed by atoms with E-state index in [1.165, 1.54) is 5.56 Å². The lowest BCUT2D eigenvalue weighted by Gasteiger charge is -2.27. The molecular weight excluding hydrogens is 462 g/mol. The lowest BCUT2D eigenvalue weighted by atomic mass is 10.1. The number of imidazole rings is 1. The van der Waals surface area contributed by atoms with Gasteiger partial charge in [-0.1, -0.05) is 23.7 Å². The zero-order valence-electron chi connectivity index (χ0n) is 19.2.